The molecule has 108 valence electrons. The Balaban J connectivity index is 1.37. The number of amides is 1. The Hall–Kier alpha value is -1.17. The van der Waals surface area contributed by atoms with E-state index in [2.05, 4.69) is 19.2 Å². The number of nitrogens with zero attached hydrogens (tertiary/aromatic N) is 4. The molecule has 20 heavy (non-hydrogen) atoms. The van der Waals surface area contributed by atoms with Gasteiger partial charge in [0.1, 0.15) is 5.82 Å². The van der Waals surface area contributed by atoms with Crippen molar-refractivity contribution >= 4 is 22.6 Å². The number of hydrogen-bond donors (Lipinski definition) is 0. The molecule has 1 aliphatic carbocycles. The van der Waals surface area contributed by atoms with Crippen molar-refractivity contribution in [1.82, 2.24) is 14.3 Å². The molecule has 1 aromatic heterocycles. The van der Waals surface area contributed by atoms with E-state index in [4.69, 9.17) is 0 Å². The van der Waals surface area contributed by atoms with Gasteiger partial charge in [0, 0.05) is 49.5 Å². The molecule has 3 aliphatic rings. The van der Waals surface area contributed by atoms with Gasteiger partial charge in [-0.05, 0) is 32.1 Å². The summed E-state index contributed by atoms with van der Waals surface area (Å²) in [6.45, 7) is 2.98. The Morgan fingerprint density at radius 2 is 1.90 bits per heavy atom. The minimum atomic E-state index is 0.357. The molecule has 1 saturated carbocycles. The Morgan fingerprint density at radius 1 is 1.10 bits per heavy atom. The van der Waals surface area contributed by atoms with E-state index in [1.807, 2.05) is 0 Å². The summed E-state index contributed by atoms with van der Waals surface area (Å²) in [6.07, 6.45) is 6.46. The molecule has 2 aliphatic heterocycles. The second-order valence-electron chi connectivity index (χ2n) is 6.12. The minimum Gasteiger partial charge on any atom is -0.347 e. The van der Waals surface area contributed by atoms with Crippen LogP contribution in [0.2, 0.25) is 0 Å². The fraction of sp³-hybridized carbons (Fsp3) is 0.786. The Kier molecular flexibility index (Phi) is 3.13. The van der Waals surface area contributed by atoms with Crippen LogP contribution in [0.15, 0.2) is 0 Å². The largest absolute Gasteiger partial charge is 0.347 e. The second-order valence-corrected chi connectivity index (χ2v) is 6.85. The predicted octanol–water partition coefficient (Wildman–Crippen LogP) is 2.01. The van der Waals surface area contributed by atoms with Crippen LogP contribution in [0.4, 0.5) is 5.13 Å². The highest BCUT2D eigenvalue weighted by Gasteiger charge is 2.32. The predicted molar refractivity (Wildman–Crippen MR) is 78.1 cm³/mol. The molecule has 1 aromatic rings. The smallest absolute Gasteiger partial charge is 0.222 e. The summed E-state index contributed by atoms with van der Waals surface area (Å²) in [5.41, 5.74) is 0. The summed E-state index contributed by atoms with van der Waals surface area (Å²) in [6, 6.07) is 0.456. The van der Waals surface area contributed by atoms with E-state index in [-0.39, 0.29) is 0 Å². The van der Waals surface area contributed by atoms with Crippen molar-refractivity contribution in [2.24, 2.45) is 0 Å². The van der Waals surface area contributed by atoms with Gasteiger partial charge in [0.25, 0.3) is 0 Å². The third-order valence-corrected chi connectivity index (χ3v) is 5.45. The van der Waals surface area contributed by atoms with Crippen LogP contribution < -0.4 is 4.90 Å². The summed E-state index contributed by atoms with van der Waals surface area (Å²) < 4.78 is 4.49. The van der Waals surface area contributed by atoms with Crippen LogP contribution in [0.3, 0.4) is 0 Å². The first-order valence-corrected chi connectivity index (χ1v) is 8.46. The molecule has 6 heteroatoms. The first kappa shape index (κ1) is 12.6. The van der Waals surface area contributed by atoms with Crippen molar-refractivity contribution in [3.05, 3.63) is 5.82 Å². The normalized spacial score (nSPS) is 24.7. The van der Waals surface area contributed by atoms with Gasteiger partial charge in [-0.2, -0.15) is 4.37 Å². The number of carbonyl (C=O) groups excluding carboxylic acids is 1. The molecule has 1 amide bonds. The fourth-order valence-electron chi connectivity index (χ4n) is 3.29. The maximum atomic E-state index is 11.8. The molecule has 0 atom stereocenters. The van der Waals surface area contributed by atoms with E-state index in [9.17, 15) is 4.79 Å². The number of anilines is 1. The molecule has 0 aromatic carbocycles. The molecule has 0 unspecified atom stereocenters. The maximum absolute atomic E-state index is 11.8. The lowest BCUT2D eigenvalue weighted by Crippen LogP contribution is -2.45. The molecule has 2 saturated heterocycles. The number of hydrogen-bond acceptors (Lipinski definition) is 5. The lowest BCUT2D eigenvalue weighted by Gasteiger charge is -2.36. The van der Waals surface area contributed by atoms with Gasteiger partial charge >= 0.3 is 0 Å². The van der Waals surface area contributed by atoms with E-state index >= 15 is 0 Å². The highest BCUT2D eigenvalue weighted by molar-refractivity contribution is 7.09. The first-order chi connectivity index (χ1) is 9.81. The topological polar surface area (TPSA) is 49.3 Å². The van der Waals surface area contributed by atoms with Crippen LogP contribution in [0.1, 0.15) is 50.3 Å². The second kappa shape index (κ2) is 4.98. The van der Waals surface area contributed by atoms with Crippen LogP contribution >= 0.6 is 11.5 Å². The summed E-state index contributed by atoms with van der Waals surface area (Å²) in [5.74, 6) is 2.05. The molecule has 0 N–H and O–H groups in total. The van der Waals surface area contributed by atoms with E-state index in [0.29, 0.717) is 17.9 Å². The molecule has 0 spiro atoms. The quantitative estimate of drug-likeness (QED) is 0.855. The number of aromatic nitrogens is 2. The zero-order valence-corrected chi connectivity index (χ0v) is 12.4. The lowest BCUT2D eigenvalue weighted by atomic mass is 10.0. The highest BCUT2D eigenvalue weighted by Crippen LogP contribution is 2.40. The van der Waals surface area contributed by atoms with Gasteiger partial charge in [-0.1, -0.05) is 0 Å². The molecule has 3 heterocycles. The first-order valence-electron chi connectivity index (χ1n) is 7.69. The van der Waals surface area contributed by atoms with E-state index in [0.717, 1.165) is 56.3 Å². The van der Waals surface area contributed by atoms with Gasteiger partial charge in [-0.25, -0.2) is 4.98 Å². The summed E-state index contributed by atoms with van der Waals surface area (Å²) in [5, 5.41) is 1.08. The molecular weight excluding hydrogens is 272 g/mol. The molecule has 4 rings (SSSR count). The summed E-state index contributed by atoms with van der Waals surface area (Å²) >= 11 is 1.54. The van der Waals surface area contributed by atoms with Crippen LogP contribution in [0.25, 0.3) is 0 Å². The maximum Gasteiger partial charge on any atom is 0.222 e. The van der Waals surface area contributed by atoms with E-state index in [1.54, 1.807) is 11.5 Å². The van der Waals surface area contributed by atoms with E-state index < -0.39 is 0 Å². The van der Waals surface area contributed by atoms with Crippen molar-refractivity contribution in [2.45, 2.75) is 50.5 Å². The Labute approximate surface area is 123 Å². The van der Waals surface area contributed by atoms with Crippen molar-refractivity contribution in [2.75, 3.05) is 24.5 Å². The fourth-order valence-corrected chi connectivity index (χ4v) is 4.08. The monoisotopic (exact) mass is 292 g/mol. The van der Waals surface area contributed by atoms with Crippen LogP contribution in [0, 0.1) is 0 Å². The minimum absolute atomic E-state index is 0.357. The molecule has 0 bridgehead atoms. The number of piperidine rings is 1. The van der Waals surface area contributed by atoms with Crippen molar-refractivity contribution in [3.63, 3.8) is 0 Å². The Bertz CT molecular complexity index is 505. The van der Waals surface area contributed by atoms with Crippen LogP contribution in [-0.2, 0) is 4.79 Å². The van der Waals surface area contributed by atoms with Gasteiger partial charge < -0.3 is 9.80 Å². The molecular formula is C14H20N4OS. The van der Waals surface area contributed by atoms with Gasteiger partial charge in [0.2, 0.25) is 11.0 Å². The van der Waals surface area contributed by atoms with Crippen LogP contribution in [0.5, 0.6) is 0 Å². The number of likely N-dealkylation sites (tertiary alicyclic amines) is 1. The Morgan fingerprint density at radius 3 is 2.55 bits per heavy atom. The van der Waals surface area contributed by atoms with E-state index in [1.165, 1.54) is 12.8 Å². The van der Waals surface area contributed by atoms with Crippen LogP contribution in [-0.4, -0.2) is 45.8 Å². The number of rotatable bonds is 3. The zero-order chi connectivity index (χ0) is 13.5. The van der Waals surface area contributed by atoms with Gasteiger partial charge in [-0.3, -0.25) is 4.79 Å². The summed E-state index contributed by atoms with van der Waals surface area (Å²) in [7, 11) is 0. The van der Waals surface area contributed by atoms with Gasteiger partial charge in [0.15, 0.2) is 0 Å². The molecule has 3 fully saturated rings. The lowest BCUT2D eigenvalue weighted by molar-refractivity contribution is -0.130. The molecule has 5 nitrogen and oxygen atoms in total. The summed E-state index contributed by atoms with van der Waals surface area (Å²) in [4.78, 5) is 20.9. The SMILES string of the molecule is O=C1CCCN1C1CCN(c2nc(C3CC3)ns2)CC1. The average molecular weight is 292 g/mol. The van der Waals surface area contributed by atoms with Crippen molar-refractivity contribution in [1.29, 1.82) is 0 Å². The van der Waals surface area contributed by atoms with Gasteiger partial charge in [-0.15, -0.1) is 0 Å². The standard InChI is InChI=1S/C14H20N4OS/c19-12-2-1-7-18(12)11-5-8-17(9-6-11)14-15-13(16-20-14)10-3-4-10/h10-11H,1-9H2. The third kappa shape index (κ3) is 2.30. The third-order valence-electron chi connectivity index (χ3n) is 4.66. The van der Waals surface area contributed by atoms with Crippen molar-refractivity contribution in [3.8, 4) is 0 Å². The van der Waals surface area contributed by atoms with Gasteiger partial charge in [0.05, 0.1) is 0 Å². The highest BCUT2D eigenvalue weighted by atomic mass is 32.1. The average Bonchev–Trinajstić information content (AvgIpc) is 3.05. The van der Waals surface area contributed by atoms with Crippen molar-refractivity contribution < 1.29 is 4.79 Å². The molecule has 0 radical (unpaired) electrons. The number of carbonyl (C=O) groups is 1. The zero-order valence-electron chi connectivity index (χ0n) is 11.6.